The van der Waals surface area contributed by atoms with Crippen molar-refractivity contribution in [3.63, 3.8) is 0 Å². The van der Waals surface area contributed by atoms with E-state index < -0.39 is 27.7 Å². The monoisotopic (exact) mass is 393 g/mol. The Labute approximate surface area is 155 Å². The van der Waals surface area contributed by atoms with E-state index in [0.29, 0.717) is 17.1 Å². The van der Waals surface area contributed by atoms with Crippen molar-refractivity contribution in [1.82, 2.24) is 10.3 Å². The molecule has 1 fully saturated rings. The van der Waals surface area contributed by atoms with E-state index in [4.69, 9.17) is 11.6 Å². The Balaban J connectivity index is 1.70. The topological polar surface area (TPSA) is 105 Å². The van der Waals surface area contributed by atoms with E-state index in [1.807, 2.05) is 0 Å². The third-order valence-electron chi connectivity index (χ3n) is 3.94. The van der Waals surface area contributed by atoms with Crippen molar-refractivity contribution in [2.75, 3.05) is 16.8 Å². The van der Waals surface area contributed by atoms with Gasteiger partial charge in [0.15, 0.2) is 9.84 Å². The number of amides is 2. The molecule has 2 heterocycles. The van der Waals surface area contributed by atoms with Crippen LogP contribution in [0.2, 0.25) is 5.02 Å². The first kappa shape index (κ1) is 18.3. The molecule has 0 aliphatic carbocycles. The first-order valence-electron chi connectivity index (χ1n) is 7.87. The second-order valence-corrected chi connectivity index (χ2v) is 8.57. The van der Waals surface area contributed by atoms with Gasteiger partial charge in [-0.3, -0.25) is 14.6 Å². The third kappa shape index (κ3) is 4.39. The number of aromatic nitrogens is 1. The van der Waals surface area contributed by atoms with Gasteiger partial charge in [-0.2, -0.15) is 0 Å². The average molecular weight is 394 g/mol. The number of halogens is 1. The zero-order valence-corrected chi connectivity index (χ0v) is 15.2. The maximum absolute atomic E-state index is 12.4. The number of carbonyl (C=O) groups excluding carboxylic acids is 2. The fourth-order valence-corrected chi connectivity index (χ4v) is 4.48. The first-order valence-corrected chi connectivity index (χ1v) is 10.1. The van der Waals surface area contributed by atoms with E-state index in [1.165, 1.54) is 18.3 Å². The molecule has 9 heteroatoms. The number of pyridine rings is 1. The number of para-hydroxylation sites is 1. The zero-order valence-electron chi connectivity index (χ0n) is 13.6. The molecule has 0 saturated carbocycles. The molecule has 3 rings (SSSR count). The molecule has 1 aliphatic heterocycles. The molecule has 1 aliphatic rings. The average Bonchev–Trinajstić information content (AvgIpc) is 2.95. The molecule has 7 nitrogen and oxygen atoms in total. The van der Waals surface area contributed by atoms with E-state index in [1.54, 1.807) is 24.3 Å². The lowest BCUT2D eigenvalue weighted by Gasteiger charge is -2.11. The molecule has 2 N–H and O–H groups in total. The summed E-state index contributed by atoms with van der Waals surface area (Å²) >= 11 is 6.02. The molecule has 136 valence electrons. The molecule has 0 spiro atoms. The number of nitrogens with one attached hydrogen (secondary N) is 2. The minimum Gasteiger partial charge on any atom is -0.347 e. The third-order valence-corrected chi connectivity index (χ3v) is 6.04. The minimum absolute atomic E-state index is 0.0427. The summed E-state index contributed by atoms with van der Waals surface area (Å²) in [5.74, 6) is -0.964. The Kier molecular flexibility index (Phi) is 5.24. The van der Waals surface area contributed by atoms with Gasteiger partial charge in [0.25, 0.3) is 11.8 Å². The number of sulfone groups is 1. The van der Waals surface area contributed by atoms with Crippen molar-refractivity contribution < 1.29 is 18.0 Å². The van der Waals surface area contributed by atoms with Gasteiger partial charge in [0.2, 0.25) is 0 Å². The highest BCUT2D eigenvalue weighted by Gasteiger charge is 2.29. The van der Waals surface area contributed by atoms with Gasteiger partial charge in [0.1, 0.15) is 5.69 Å². The Morgan fingerprint density at radius 1 is 1.15 bits per heavy atom. The number of rotatable bonds is 4. The van der Waals surface area contributed by atoms with Crippen LogP contribution in [0.5, 0.6) is 0 Å². The van der Waals surface area contributed by atoms with Crippen molar-refractivity contribution in [3.05, 3.63) is 58.9 Å². The predicted molar refractivity (Wildman–Crippen MR) is 98.2 cm³/mol. The second-order valence-electron chi connectivity index (χ2n) is 5.94. The second kappa shape index (κ2) is 7.43. The molecule has 0 bridgehead atoms. The van der Waals surface area contributed by atoms with Gasteiger partial charge >= 0.3 is 0 Å². The van der Waals surface area contributed by atoms with Gasteiger partial charge in [-0.25, -0.2) is 8.42 Å². The van der Waals surface area contributed by atoms with Crippen LogP contribution in [0.4, 0.5) is 5.69 Å². The molecule has 1 saturated heterocycles. The minimum atomic E-state index is -3.10. The Hall–Kier alpha value is -2.45. The molecule has 1 unspecified atom stereocenters. The van der Waals surface area contributed by atoms with E-state index in [9.17, 15) is 18.0 Å². The van der Waals surface area contributed by atoms with Crippen LogP contribution in [0.3, 0.4) is 0 Å². The lowest BCUT2D eigenvalue weighted by Crippen LogP contribution is -2.36. The molecule has 1 aromatic carbocycles. The summed E-state index contributed by atoms with van der Waals surface area (Å²) in [7, 11) is -3.10. The summed E-state index contributed by atoms with van der Waals surface area (Å²) in [6.07, 6.45) is 1.72. The van der Waals surface area contributed by atoms with Gasteiger partial charge in [-0.05, 0) is 30.7 Å². The molecular weight excluding hydrogens is 378 g/mol. The van der Waals surface area contributed by atoms with Crippen LogP contribution in [0.25, 0.3) is 0 Å². The molecular formula is C17H16ClN3O4S. The van der Waals surface area contributed by atoms with E-state index in [-0.39, 0.29) is 22.8 Å². The van der Waals surface area contributed by atoms with Crippen molar-refractivity contribution >= 4 is 38.9 Å². The molecule has 0 radical (unpaired) electrons. The maximum Gasteiger partial charge on any atom is 0.270 e. The van der Waals surface area contributed by atoms with Crippen LogP contribution in [-0.2, 0) is 9.84 Å². The van der Waals surface area contributed by atoms with Gasteiger partial charge in [-0.1, -0.05) is 23.7 Å². The Morgan fingerprint density at radius 2 is 1.92 bits per heavy atom. The molecule has 1 aromatic heterocycles. The fraction of sp³-hybridized carbons (Fsp3) is 0.235. The molecule has 2 amide bonds. The standard InChI is InChI=1S/C17H16ClN3O4S/c18-13-3-1-2-4-14(13)21-16(22)11-5-7-19-15(9-11)17(23)20-12-6-8-26(24,25)10-12/h1-5,7,9,12H,6,8,10H2,(H,20,23)(H,21,22). The summed E-state index contributed by atoms with van der Waals surface area (Å²) in [5.41, 5.74) is 0.739. The van der Waals surface area contributed by atoms with Crippen LogP contribution in [0, 0.1) is 0 Å². The maximum atomic E-state index is 12.4. The number of hydrogen-bond acceptors (Lipinski definition) is 5. The molecule has 2 aromatic rings. The van der Waals surface area contributed by atoms with E-state index in [0.717, 1.165) is 0 Å². The lowest BCUT2D eigenvalue weighted by molar-refractivity contribution is 0.0936. The summed E-state index contributed by atoms with van der Waals surface area (Å²) in [5, 5.41) is 5.71. The Morgan fingerprint density at radius 3 is 2.62 bits per heavy atom. The van der Waals surface area contributed by atoms with Crippen LogP contribution in [0.1, 0.15) is 27.3 Å². The number of carbonyl (C=O) groups is 2. The number of nitrogens with zero attached hydrogens (tertiary/aromatic N) is 1. The quantitative estimate of drug-likeness (QED) is 0.825. The number of hydrogen-bond donors (Lipinski definition) is 2. The summed E-state index contributed by atoms with van der Waals surface area (Å²) in [6, 6.07) is 9.19. The Bertz CT molecular complexity index is 962. The highest BCUT2D eigenvalue weighted by atomic mass is 35.5. The van der Waals surface area contributed by atoms with Crippen LogP contribution in [0.15, 0.2) is 42.6 Å². The van der Waals surface area contributed by atoms with Crippen LogP contribution >= 0.6 is 11.6 Å². The van der Waals surface area contributed by atoms with E-state index in [2.05, 4.69) is 15.6 Å². The van der Waals surface area contributed by atoms with E-state index >= 15 is 0 Å². The van der Waals surface area contributed by atoms with Gasteiger partial charge in [0.05, 0.1) is 22.2 Å². The zero-order chi connectivity index (χ0) is 18.7. The summed E-state index contributed by atoms with van der Waals surface area (Å²) < 4.78 is 22.9. The van der Waals surface area contributed by atoms with Gasteiger partial charge in [-0.15, -0.1) is 0 Å². The van der Waals surface area contributed by atoms with Crippen molar-refractivity contribution in [1.29, 1.82) is 0 Å². The number of benzene rings is 1. The van der Waals surface area contributed by atoms with Gasteiger partial charge < -0.3 is 10.6 Å². The SMILES string of the molecule is O=C(Nc1ccccc1Cl)c1ccnc(C(=O)NC2CCS(=O)(=O)C2)c1. The number of anilines is 1. The van der Waals surface area contributed by atoms with Crippen molar-refractivity contribution in [3.8, 4) is 0 Å². The summed E-state index contributed by atoms with van der Waals surface area (Å²) in [4.78, 5) is 28.6. The van der Waals surface area contributed by atoms with Crippen LogP contribution in [-0.4, -0.2) is 42.8 Å². The smallest absolute Gasteiger partial charge is 0.270 e. The van der Waals surface area contributed by atoms with Crippen LogP contribution < -0.4 is 10.6 Å². The first-order chi connectivity index (χ1) is 12.3. The van der Waals surface area contributed by atoms with Gasteiger partial charge in [0, 0.05) is 17.8 Å². The fourth-order valence-electron chi connectivity index (χ4n) is 2.62. The predicted octanol–water partition coefficient (Wildman–Crippen LogP) is 1.90. The van der Waals surface area contributed by atoms with Crippen molar-refractivity contribution in [2.24, 2.45) is 0 Å². The molecule has 26 heavy (non-hydrogen) atoms. The molecule has 1 atom stereocenters. The normalized spacial score (nSPS) is 18.3. The highest BCUT2D eigenvalue weighted by molar-refractivity contribution is 7.91. The largest absolute Gasteiger partial charge is 0.347 e. The van der Waals surface area contributed by atoms with Crippen molar-refractivity contribution in [2.45, 2.75) is 12.5 Å². The lowest BCUT2D eigenvalue weighted by atomic mass is 10.2. The summed E-state index contributed by atoms with van der Waals surface area (Å²) in [6.45, 7) is 0. The highest BCUT2D eigenvalue weighted by Crippen LogP contribution is 2.21.